The van der Waals surface area contributed by atoms with E-state index >= 15 is 0 Å². The molecule has 46 heavy (non-hydrogen) atoms. The summed E-state index contributed by atoms with van der Waals surface area (Å²) in [6, 6.07) is 51.8. The molecule has 0 saturated heterocycles. The second kappa shape index (κ2) is 10.6. The van der Waals surface area contributed by atoms with Crippen molar-refractivity contribution in [3.8, 4) is 45.5 Å². The lowest BCUT2D eigenvalue weighted by atomic mass is 10.1. The van der Waals surface area contributed by atoms with Gasteiger partial charge in [-0.25, -0.2) is 19.6 Å². The second-order valence-corrected chi connectivity index (χ2v) is 11.2. The van der Waals surface area contributed by atoms with E-state index in [0.717, 1.165) is 50.0 Å². The highest BCUT2D eigenvalue weighted by Crippen LogP contribution is 2.37. The minimum Gasteiger partial charge on any atom is -0.309 e. The van der Waals surface area contributed by atoms with Crippen molar-refractivity contribution in [2.75, 3.05) is 0 Å². The molecule has 216 valence electrons. The predicted molar refractivity (Wildman–Crippen MR) is 185 cm³/mol. The van der Waals surface area contributed by atoms with E-state index in [1.165, 1.54) is 10.8 Å². The smallest absolute Gasteiger partial charge is 0.164 e. The topological polar surface area (TPSA) is 61.4 Å². The van der Waals surface area contributed by atoms with E-state index in [4.69, 9.17) is 20.1 Å². The molecule has 0 atom stereocenters. The first-order valence-corrected chi connectivity index (χ1v) is 15.2. The normalized spacial score (nSPS) is 11.5. The highest BCUT2D eigenvalue weighted by Gasteiger charge is 2.18. The summed E-state index contributed by atoms with van der Waals surface area (Å²) in [4.78, 5) is 14.7. The molecule has 0 saturated carbocycles. The Morgan fingerprint density at radius 1 is 0.370 bits per heavy atom. The summed E-state index contributed by atoms with van der Waals surface area (Å²) < 4.78 is 4.35. The zero-order valence-corrected chi connectivity index (χ0v) is 24.7. The first-order valence-electron chi connectivity index (χ1n) is 15.2. The molecule has 0 spiro atoms. The molecule has 0 radical (unpaired) electrons. The van der Waals surface area contributed by atoms with Gasteiger partial charge < -0.3 is 4.57 Å². The average Bonchev–Trinajstić information content (AvgIpc) is 3.72. The summed E-state index contributed by atoms with van der Waals surface area (Å²) in [6.45, 7) is 0. The molecular weight excluding hydrogens is 564 g/mol. The Hall–Kier alpha value is -6.40. The summed E-state index contributed by atoms with van der Waals surface area (Å²) in [5.74, 6) is 1.93. The molecule has 0 unspecified atom stereocenters. The molecule has 0 amide bonds. The molecule has 6 nitrogen and oxygen atoms in total. The van der Waals surface area contributed by atoms with E-state index in [2.05, 4.69) is 77.4 Å². The Bertz CT molecular complexity index is 2440. The Balaban J connectivity index is 1.21. The van der Waals surface area contributed by atoms with Crippen LogP contribution in [-0.2, 0) is 0 Å². The van der Waals surface area contributed by atoms with Crippen LogP contribution in [0.15, 0.2) is 158 Å². The summed E-state index contributed by atoms with van der Waals surface area (Å²) in [5, 5.41) is 8.31. The van der Waals surface area contributed by atoms with Gasteiger partial charge in [0.2, 0.25) is 0 Å². The number of hydrogen-bond acceptors (Lipinski definition) is 4. The summed E-state index contributed by atoms with van der Waals surface area (Å²) in [7, 11) is 0. The Morgan fingerprint density at radius 2 is 0.913 bits per heavy atom. The first-order chi connectivity index (χ1) is 22.8. The van der Waals surface area contributed by atoms with Crippen molar-refractivity contribution in [3.05, 3.63) is 158 Å². The number of aromatic nitrogens is 6. The Morgan fingerprint density at radius 3 is 1.54 bits per heavy atom. The molecule has 0 aliphatic rings. The van der Waals surface area contributed by atoms with Crippen molar-refractivity contribution in [3.63, 3.8) is 0 Å². The van der Waals surface area contributed by atoms with Gasteiger partial charge in [-0.05, 0) is 54.6 Å². The third kappa shape index (κ3) is 4.27. The van der Waals surface area contributed by atoms with Crippen LogP contribution in [0.5, 0.6) is 0 Å². The van der Waals surface area contributed by atoms with Crippen molar-refractivity contribution in [1.29, 1.82) is 0 Å². The summed E-state index contributed by atoms with van der Waals surface area (Å²) >= 11 is 0. The number of fused-ring (bicyclic) bond motifs is 5. The van der Waals surface area contributed by atoms with E-state index in [1.807, 2.05) is 89.7 Å². The van der Waals surface area contributed by atoms with Crippen LogP contribution in [0, 0.1) is 0 Å². The highest BCUT2D eigenvalue weighted by atomic mass is 15.3. The lowest BCUT2D eigenvalue weighted by molar-refractivity contribution is 0.911. The van der Waals surface area contributed by atoms with Gasteiger partial charge in [-0.15, -0.1) is 0 Å². The average molecular weight is 591 g/mol. The Labute approximate surface area is 264 Å². The van der Waals surface area contributed by atoms with Crippen LogP contribution in [0.2, 0.25) is 0 Å². The lowest BCUT2D eigenvalue weighted by Gasteiger charge is -2.11. The fourth-order valence-corrected chi connectivity index (χ4v) is 6.30. The third-order valence-corrected chi connectivity index (χ3v) is 8.47. The molecule has 3 heterocycles. The van der Waals surface area contributed by atoms with Crippen molar-refractivity contribution < 1.29 is 0 Å². The number of para-hydroxylation sites is 2. The van der Waals surface area contributed by atoms with Crippen molar-refractivity contribution in [2.45, 2.75) is 0 Å². The third-order valence-electron chi connectivity index (χ3n) is 8.47. The van der Waals surface area contributed by atoms with Crippen molar-refractivity contribution in [2.24, 2.45) is 0 Å². The van der Waals surface area contributed by atoms with Crippen LogP contribution < -0.4 is 0 Å². The lowest BCUT2D eigenvalue weighted by Crippen LogP contribution is -2.00. The molecule has 0 N–H and O–H groups in total. The SMILES string of the molecule is c1ccc(-c2nc(-c3ccccc3)nc(-c3ccc(-n4c5ccccc5c5ccc6c(cnn6-c6ccccc6)c54)cc3)n2)cc1. The predicted octanol–water partition coefficient (Wildman–Crippen LogP) is 9.31. The minimum atomic E-state index is 0.632. The molecule has 9 rings (SSSR count). The molecule has 6 aromatic carbocycles. The number of hydrogen-bond donors (Lipinski definition) is 0. The standard InChI is InChI=1S/C40H26N6/c1-4-12-27(13-5-1)38-42-39(28-14-6-2-7-15-28)44-40(43-38)29-20-22-30(23-21-29)45-35-19-11-10-18-32(35)33-24-25-36-34(37(33)45)26-41-46(36)31-16-8-3-9-17-31/h1-26H. The molecular formula is C40H26N6. The van der Waals surface area contributed by atoms with E-state index < -0.39 is 0 Å². The van der Waals surface area contributed by atoms with E-state index in [0.29, 0.717) is 17.5 Å². The van der Waals surface area contributed by atoms with Crippen LogP contribution in [0.4, 0.5) is 0 Å². The molecule has 0 aliphatic carbocycles. The first kappa shape index (κ1) is 26.0. The molecule has 9 aromatic rings. The van der Waals surface area contributed by atoms with E-state index in [-0.39, 0.29) is 0 Å². The molecule has 6 heteroatoms. The Kier molecular flexibility index (Phi) is 6.03. The van der Waals surface area contributed by atoms with Gasteiger partial charge in [0, 0.05) is 38.5 Å². The van der Waals surface area contributed by atoms with E-state index in [1.54, 1.807) is 0 Å². The number of nitrogens with zero attached hydrogens (tertiary/aromatic N) is 6. The van der Waals surface area contributed by atoms with Crippen molar-refractivity contribution in [1.82, 2.24) is 29.3 Å². The maximum atomic E-state index is 4.92. The van der Waals surface area contributed by atoms with Crippen LogP contribution in [0.3, 0.4) is 0 Å². The van der Waals surface area contributed by atoms with Gasteiger partial charge in [0.05, 0.1) is 28.4 Å². The van der Waals surface area contributed by atoms with Crippen LogP contribution >= 0.6 is 0 Å². The fourth-order valence-electron chi connectivity index (χ4n) is 6.30. The van der Waals surface area contributed by atoms with Gasteiger partial charge in [-0.3, -0.25) is 0 Å². The second-order valence-electron chi connectivity index (χ2n) is 11.2. The molecule has 0 aliphatic heterocycles. The molecule has 0 bridgehead atoms. The van der Waals surface area contributed by atoms with Crippen LogP contribution in [-0.4, -0.2) is 29.3 Å². The summed E-state index contributed by atoms with van der Waals surface area (Å²) in [6.07, 6.45) is 1.98. The van der Waals surface area contributed by atoms with Gasteiger partial charge in [0.1, 0.15) is 0 Å². The molecule has 0 fully saturated rings. The van der Waals surface area contributed by atoms with Gasteiger partial charge in [0.15, 0.2) is 17.5 Å². The zero-order valence-electron chi connectivity index (χ0n) is 24.7. The quantitative estimate of drug-likeness (QED) is 0.200. The maximum absolute atomic E-state index is 4.92. The fraction of sp³-hybridized carbons (Fsp3) is 0. The zero-order chi connectivity index (χ0) is 30.5. The number of rotatable bonds is 5. The monoisotopic (exact) mass is 590 g/mol. The van der Waals surface area contributed by atoms with Gasteiger partial charge >= 0.3 is 0 Å². The van der Waals surface area contributed by atoms with Crippen LogP contribution in [0.25, 0.3) is 78.2 Å². The maximum Gasteiger partial charge on any atom is 0.164 e. The van der Waals surface area contributed by atoms with Gasteiger partial charge in [-0.2, -0.15) is 5.10 Å². The van der Waals surface area contributed by atoms with Gasteiger partial charge in [-0.1, -0.05) is 97.1 Å². The summed E-state index contributed by atoms with van der Waals surface area (Å²) in [5.41, 5.74) is 8.24. The molecule has 3 aromatic heterocycles. The highest BCUT2D eigenvalue weighted by molar-refractivity contribution is 6.18. The van der Waals surface area contributed by atoms with Gasteiger partial charge in [0.25, 0.3) is 0 Å². The van der Waals surface area contributed by atoms with Crippen LogP contribution in [0.1, 0.15) is 0 Å². The van der Waals surface area contributed by atoms with E-state index in [9.17, 15) is 0 Å². The number of benzene rings is 6. The largest absolute Gasteiger partial charge is 0.309 e. The van der Waals surface area contributed by atoms with Crippen molar-refractivity contribution >= 4 is 32.7 Å². The minimum absolute atomic E-state index is 0.632.